The molecule has 76 valence electrons. The van der Waals surface area contributed by atoms with E-state index >= 15 is 0 Å². The first-order valence-electron chi connectivity index (χ1n) is 4.80. The molecule has 2 aromatic rings. The van der Waals surface area contributed by atoms with Crippen LogP contribution in [0.1, 0.15) is 17.3 Å². The van der Waals surface area contributed by atoms with Gasteiger partial charge in [-0.25, -0.2) is 0 Å². The number of nitrogens with two attached hydrogens (primary N) is 1. The lowest BCUT2D eigenvalue weighted by Crippen LogP contribution is -2.16. The van der Waals surface area contributed by atoms with Crippen LogP contribution in [0.2, 0.25) is 0 Å². The maximum absolute atomic E-state index is 5.73. The first kappa shape index (κ1) is 9.73. The fourth-order valence-corrected chi connectivity index (χ4v) is 1.47. The quantitative estimate of drug-likeness (QED) is 0.801. The summed E-state index contributed by atoms with van der Waals surface area (Å²) in [5, 5.41) is 7.90. The third kappa shape index (κ3) is 2.16. The van der Waals surface area contributed by atoms with Crippen LogP contribution in [0.4, 0.5) is 0 Å². The van der Waals surface area contributed by atoms with Crippen molar-refractivity contribution in [2.75, 3.05) is 6.54 Å². The van der Waals surface area contributed by atoms with Gasteiger partial charge in [-0.3, -0.25) is 4.98 Å². The van der Waals surface area contributed by atoms with E-state index in [1.54, 1.807) is 12.4 Å². The standard InChI is InChI=1S/C11H12N4/c12-8-9(10-4-1-2-6-13-10)11-5-3-7-14-15-11/h1-7,9H,8,12H2. The molecule has 0 saturated carbocycles. The average molecular weight is 200 g/mol. The number of pyridine rings is 1. The van der Waals surface area contributed by atoms with Crippen molar-refractivity contribution in [1.29, 1.82) is 0 Å². The minimum absolute atomic E-state index is 0.0277. The van der Waals surface area contributed by atoms with Crippen LogP contribution in [0.5, 0.6) is 0 Å². The normalized spacial score (nSPS) is 12.3. The molecule has 0 amide bonds. The van der Waals surface area contributed by atoms with Crippen molar-refractivity contribution in [3.63, 3.8) is 0 Å². The third-order valence-corrected chi connectivity index (χ3v) is 2.23. The zero-order valence-corrected chi connectivity index (χ0v) is 8.24. The third-order valence-electron chi connectivity index (χ3n) is 2.23. The Morgan fingerprint density at radius 2 is 1.93 bits per heavy atom. The molecule has 0 aliphatic heterocycles. The van der Waals surface area contributed by atoms with Crippen LogP contribution in [0.25, 0.3) is 0 Å². The molecule has 2 aromatic heterocycles. The van der Waals surface area contributed by atoms with Gasteiger partial charge in [0.1, 0.15) is 0 Å². The molecule has 0 aromatic carbocycles. The molecule has 0 saturated heterocycles. The van der Waals surface area contributed by atoms with Gasteiger partial charge >= 0.3 is 0 Å². The lowest BCUT2D eigenvalue weighted by Gasteiger charge is -2.12. The molecule has 4 nitrogen and oxygen atoms in total. The van der Waals surface area contributed by atoms with Gasteiger partial charge in [0.25, 0.3) is 0 Å². The smallest absolute Gasteiger partial charge is 0.0734 e. The Hall–Kier alpha value is -1.81. The molecule has 0 aliphatic rings. The lowest BCUT2D eigenvalue weighted by atomic mass is 10.0. The molecule has 0 radical (unpaired) electrons. The number of rotatable bonds is 3. The molecule has 1 unspecified atom stereocenters. The van der Waals surface area contributed by atoms with E-state index in [1.165, 1.54) is 0 Å². The molecule has 0 aliphatic carbocycles. The lowest BCUT2D eigenvalue weighted by molar-refractivity contribution is 0.738. The predicted molar refractivity (Wildman–Crippen MR) is 57.2 cm³/mol. The van der Waals surface area contributed by atoms with E-state index in [0.29, 0.717) is 6.54 Å². The van der Waals surface area contributed by atoms with Gasteiger partial charge in [-0.2, -0.15) is 10.2 Å². The van der Waals surface area contributed by atoms with Gasteiger partial charge < -0.3 is 5.73 Å². The van der Waals surface area contributed by atoms with Crippen LogP contribution in [-0.4, -0.2) is 21.7 Å². The minimum atomic E-state index is 0.0277. The highest BCUT2D eigenvalue weighted by Gasteiger charge is 2.14. The largest absolute Gasteiger partial charge is 0.329 e. The number of hydrogen-bond donors (Lipinski definition) is 1. The van der Waals surface area contributed by atoms with Crippen LogP contribution >= 0.6 is 0 Å². The van der Waals surface area contributed by atoms with Crippen molar-refractivity contribution in [2.45, 2.75) is 5.92 Å². The Balaban J connectivity index is 2.34. The molecule has 4 heteroatoms. The molecule has 0 spiro atoms. The SMILES string of the molecule is NCC(c1ccccn1)c1cccnn1. The van der Waals surface area contributed by atoms with Gasteiger partial charge in [0.05, 0.1) is 17.3 Å². The number of nitrogens with zero attached hydrogens (tertiary/aromatic N) is 3. The molecule has 15 heavy (non-hydrogen) atoms. The second-order valence-electron chi connectivity index (χ2n) is 3.19. The Labute approximate surface area is 88.2 Å². The van der Waals surface area contributed by atoms with E-state index in [0.717, 1.165) is 11.4 Å². The van der Waals surface area contributed by atoms with Crippen molar-refractivity contribution < 1.29 is 0 Å². The Morgan fingerprint density at radius 1 is 1.07 bits per heavy atom. The molecule has 0 fully saturated rings. The Morgan fingerprint density at radius 3 is 2.53 bits per heavy atom. The number of aromatic nitrogens is 3. The van der Waals surface area contributed by atoms with Crippen molar-refractivity contribution >= 4 is 0 Å². The summed E-state index contributed by atoms with van der Waals surface area (Å²) in [7, 11) is 0. The summed E-state index contributed by atoms with van der Waals surface area (Å²) < 4.78 is 0. The van der Waals surface area contributed by atoms with Crippen molar-refractivity contribution in [2.24, 2.45) is 5.73 Å². The Bertz CT molecular complexity index is 362. The molecule has 0 bridgehead atoms. The molecule has 2 N–H and O–H groups in total. The van der Waals surface area contributed by atoms with E-state index in [9.17, 15) is 0 Å². The van der Waals surface area contributed by atoms with Gasteiger partial charge in [0.15, 0.2) is 0 Å². The molecular formula is C11H12N4. The minimum Gasteiger partial charge on any atom is -0.329 e. The summed E-state index contributed by atoms with van der Waals surface area (Å²) >= 11 is 0. The fourth-order valence-electron chi connectivity index (χ4n) is 1.47. The summed E-state index contributed by atoms with van der Waals surface area (Å²) in [6, 6.07) is 9.55. The highest BCUT2D eigenvalue weighted by molar-refractivity contribution is 5.21. The van der Waals surface area contributed by atoms with Crippen molar-refractivity contribution in [3.05, 3.63) is 54.1 Å². The topological polar surface area (TPSA) is 64.7 Å². The predicted octanol–water partition coefficient (Wildman–Crippen LogP) is 0.962. The molecule has 1 atom stereocenters. The summed E-state index contributed by atoms with van der Waals surface area (Å²) in [5.74, 6) is 0.0277. The van der Waals surface area contributed by atoms with Gasteiger partial charge in [-0.1, -0.05) is 6.07 Å². The first-order valence-corrected chi connectivity index (χ1v) is 4.80. The van der Waals surface area contributed by atoms with Crippen LogP contribution in [0.15, 0.2) is 42.7 Å². The molecule has 2 heterocycles. The fraction of sp³-hybridized carbons (Fsp3) is 0.182. The molecule has 2 rings (SSSR count). The second-order valence-corrected chi connectivity index (χ2v) is 3.19. The van der Waals surface area contributed by atoms with Crippen LogP contribution in [0, 0.1) is 0 Å². The zero-order chi connectivity index (χ0) is 10.5. The summed E-state index contributed by atoms with van der Waals surface area (Å²) in [6.45, 7) is 0.482. The van der Waals surface area contributed by atoms with E-state index < -0.39 is 0 Å². The average Bonchev–Trinajstić information content (AvgIpc) is 2.33. The highest BCUT2D eigenvalue weighted by atomic mass is 15.1. The van der Waals surface area contributed by atoms with Gasteiger partial charge in [0, 0.05) is 18.9 Å². The van der Waals surface area contributed by atoms with Crippen molar-refractivity contribution in [1.82, 2.24) is 15.2 Å². The zero-order valence-electron chi connectivity index (χ0n) is 8.24. The first-order chi connectivity index (χ1) is 7.42. The van der Waals surface area contributed by atoms with Crippen LogP contribution in [-0.2, 0) is 0 Å². The van der Waals surface area contributed by atoms with Gasteiger partial charge in [-0.15, -0.1) is 0 Å². The maximum atomic E-state index is 5.73. The van der Waals surface area contributed by atoms with E-state index in [-0.39, 0.29) is 5.92 Å². The summed E-state index contributed by atoms with van der Waals surface area (Å²) in [5.41, 5.74) is 7.52. The molecular weight excluding hydrogens is 188 g/mol. The summed E-state index contributed by atoms with van der Waals surface area (Å²) in [6.07, 6.45) is 3.41. The van der Waals surface area contributed by atoms with Gasteiger partial charge in [0.2, 0.25) is 0 Å². The van der Waals surface area contributed by atoms with E-state index in [1.807, 2.05) is 30.3 Å². The van der Waals surface area contributed by atoms with E-state index in [2.05, 4.69) is 15.2 Å². The van der Waals surface area contributed by atoms with E-state index in [4.69, 9.17) is 5.73 Å². The Kier molecular flexibility index (Phi) is 2.99. The maximum Gasteiger partial charge on any atom is 0.0734 e. The summed E-state index contributed by atoms with van der Waals surface area (Å²) in [4.78, 5) is 4.28. The van der Waals surface area contributed by atoms with Crippen molar-refractivity contribution in [3.8, 4) is 0 Å². The van der Waals surface area contributed by atoms with Gasteiger partial charge in [-0.05, 0) is 24.3 Å². The number of hydrogen-bond acceptors (Lipinski definition) is 4. The van der Waals surface area contributed by atoms with Crippen LogP contribution < -0.4 is 5.73 Å². The van der Waals surface area contributed by atoms with Crippen LogP contribution in [0.3, 0.4) is 0 Å². The second kappa shape index (κ2) is 4.61. The highest BCUT2D eigenvalue weighted by Crippen LogP contribution is 2.18. The monoisotopic (exact) mass is 200 g/mol.